The molecule has 25 heavy (non-hydrogen) atoms. The summed E-state index contributed by atoms with van der Waals surface area (Å²) in [4.78, 5) is 13.2. The van der Waals surface area contributed by atoms with Crippen molar-refractivity contribution in [2.75, 3.05) is 0 Å². The number of aromatic nitrogens is 4. The van der Waals surface area contributed by atoms with Gasteiger partial charge in [0.2, 0.25) is 11.7 Å². The highest BCUT2D eigenvalue weighted by Crippen LogP contribution is 2.20. The Morgan fingerprint density at radius 2 is 1.92 bits per heavy atom. The van der Waals surface area contributed by atoms with Crippen LogP contribution in [0.2, 0.25) is 10.0 Å². The summed E-state index contributed by atoms with van der Waals surface area (Å²) in [5.41, 5.74) is 1.36. The van der Waals surface area contributed by atoms with Crippen molar-refractivity contribution in [3.8, 4) is 11.4 Å². The van der Waals surface area contributed by atoms with Crippen molar-refractivity contribution >= 4 is 29.1 Å². The minimum Gasteiger partial charge on any atom is -0.350 e. The summed E-state index contributed by atoms with van der Waals surface area (Å²) in [5.74, 6) is -0.334. The topological polar surface area (TPSA) is 72.7 Å². The summed E-state index contributed by atoms with van der Waals surface area (Å²) in [6, 6.07) is 10.7. The maximum atomic E-state index is 12.9. The highest BCUT2D eigenvalue weighted by Gasteiger charge is 2.10. The molecule has 1 N–H and O–H groups in total. The summed E-state index contributed by atoms with van der Waals surface area (Å²) < 4.78 is 12.9. The number of tetrazole rings is 1. The van der Waals surface area contributed by atoms with Gasteiger partial charge in [0.25, 0.3) is 0 Å². The Balaban J connectivity index is 1.59. The second-order valence-corrected chi connectivity index (χ2v) is 6.01. The number of nitrogens with zero attached hydrogens (tertiary/aromatic N) is 4. The first-order valence-electron chi connectivity index (χ1n) is 7.25. The standard InChI is InChI=1S/C16H12Cl2FN5O/c17-12-4-1-11(14(18)7-12)8-20-15(25)9-24-22-16(21-23-24)10-2-5-13(19)6-3-10/h1-7H,8-9H2,(H,20,25). The number of halogens is 3. The lowest BCUT2D eigenvalue weighted by atomic mass is 10.2. The minimum absolute atomic E-state index is 0.0978. The Bertz CT molecular complexity index is 898. The first kappa shape index (κ1) is 17.3. The summed E-state index contributed by atoms with van der Waals surface area (Å²) in [6.45, 7) is 0.160. The van der Waals surface area contributed by atoms with Crippen LogP contribution >= 0.6 is 23.2 Å². The lowest BCUT2D eigenvalue weighted by Gasteiger charge is -2.06. The van der Waals surface area contributed by atoms with Crippen LogP contribution in [-0.4, -0.2) is 26.1 Å². The van der Waals surface area contributed by atoms with E-state index >= 15 is 0 Å². The molecule has 1 aromatic heterocycles. The molecule has 3 rings (SSSR count). The van der Waals surface area contributed by atoms with Gasteiger partial charge in [-0.2, -0.15) is 4.80 Å². The number of hydrogen-bond donors (Lipinski definition) is 1. The third-order valence-electron chi connectivity index (χ3n) is 3.33. The molecule has 1 amide bonds. The molecular formula is C16H12Cl2FN5O. The van der Waals surface area contributed by atoms with E-state index < -0.39 is 0 Å². The first-order valence-corrected chi connectivity index (χ1v) is 8.01. The van der Waals surface area contributed by atoms with Gasteiger partial charge in [-0.05, 0) is 47.2 Å². The van der Waals surface area contributed by atoms with Crippen molar-refractivity contribution in [2.24, 2.45) is 0 Å². The summed E-state index contributed by atoms with van der Waals surface area (Å²) >= 11 is 11.9. The Morgan fingerprint density at radius 3 is 2.64 bits per heavy atom. The number of carbonyl (C=O) groups is 1. The van der Waals surface area contributed by atoms with E-state index in [1.54, 1.807) is 30.3 Å². The van der Waals surface area contributed by atoms with Crippen LogP contribution in [0.3, 0.4) is 0 Å². The molecule has 3 aromatic rings. The van der Waals surface area contributed by atoms with Gasteiger partial charge in [0.1, 0.15) is 12.4 Å². The predicted octanol–water partition coefficient (Wildman–Crippen LogP) is 3.10. The van der Waals surface area contributed by atoms with E-state index in [2.05, 4.69) is 20.7 Å². The first-order chi connectivity index (χ1) is 12.0. The highest BCUT2D eigenvalue weighted by molar-refractivity contribution is 6.35. The van der Waals surface area contributed by atoms with Crippen LogP contribution < -0.4 is 5.32 Å². The molecule has 0 radical (unpaired) electrons. The SMILES string of the molecule is O=C(Cn1nnc(-c2ccc(F)cc2)n1)NCc1ccc(Cl)cc1Cl. The van der Waals surface area contributed by atoms with Gasteiger partial charge in [0, 0.05) is 22.2 Å². The molecule has 0 aliphatic carbocycles. The van der Waals surface area contributed by atoms with Gasteiger partial charge in [-0.15, -0.1) is 10.2 Å². The third-order valence-corrected chi connectivity index (χ3v) is 3.92. The fourth-order valence-corrected chi connectivity index (χ4v) is 2.54. The Morgan fingerprint density at radius 1 is 1.16 bits per heavy atom. The van der Waals surface area contributed by atoms with Crippen molar-refractivity contribution in [1.29, 1.82) is 0 Å². The molecule has 2 aromatic carbocycles. The van der Waals surface area contributed by atoms with Crippen molar-refractivity contribution in [1.82, 2.24) is 25.5 Å². The van der Waals surface area contributed by atoms with Crippen LogP contribution in [0.5, 0.6) is 0 Å². The van der Waals surface area contributed by atoms with E-state index in [0.717, 1.165) is 10.4 Å². The zero-order valence-electron chi connectivity index (χ0n) is 12.8. The molecule has 6 nitrogen and oxygen atoms in total. The van der Waals surface area contributed by atoms with E-state index in [1.807, 2.05) is 0 Å². The molecule has 128 valence electrons. The van der Waals surface area contributed by atoms with E-state index in [-0.39, 0.29) is 24.8 Å². The Kier molecular flexibility index (Phi) is 5.25. The molecule has 0 saturated carbocycles. The second kappa shape index (κ2) is 7.58. The summed E-state index contributed by atoms with van der Waals surface area (Å²) in [5, 5.41) is 15.5. The minimum atomic E-state index is -0.351. The lowest BCUT2D eigenvalue weighted by Crippen LogP contribution is -2.28. The van der Waals surface area contributed by atoms with E-state index in [0.29, 0.717) is 21.4 Å². The molecule has 0 atom stereocenters. The molecule has 0 aliphatic rings. The Labute approximate surface area is 152 Å². The molecule has 0 saturated heterocycles. The van der Waals surface area contributed by atoms with E-state index in [1.165, 1.54) is 12.1 Å². The number of hydrogen-bond acceptors (Lipinski definition) is 4. The maximum Gasteiger partial charge on any atom is 0.243 e. The van der Waals surface area contributed by atoms with E-state index in [4.69, 9.17) is 23.2 Å². The monoisotopic (exact) mass is 379 g/mol. The zero-order valence-corrected chi connectivity index (χ0v) is 14.3. The van der Waals surface area contributed by atoms with E-state index in [9.17, 15) is 9.18 Å². The second-order valence-electron chi connectivity index (χ2n) is 5.16. The number of nitrogens with one attached hydrogen (secondary N) is 1. The molecular weight excluding hydrogens is 368 g/mol. The van der Waals surface area contributed by atoms with Crippen LogP contribution in [0.25, 0.3) is 11.4 Å². The molecule has 0 spiro atoms. The number of amides is 1. The van der Waals surface area contributed by atoms with Crippen LogP contribution in [0, 0.1) is 5.82 Å². The summed E-state index contributed by atoms with van der Waals surface area (Å²) in [7, 11) is 0. The van der Waals surface area contributed by atoms with Crippen LogP contribution in [0.1, 0.15) is 5.56 Å². The molecule has 1 heterocycles. The molecule has 9 heteroatoms. The number of benzene rings is 2. The molecule has 0 bridgehead atoms. The van der Waals surface area contributed by atoms with Gasteiger partial charge >= 0.3 is 0 Å². The predicted molar refractivity (Wildman–Crippen MR) is 91.5 cm³/mol. The highest BCUT2D eigenvalue weighted by atomic mass is 35.5. The zero-order chi connectivity index (χ0) is 17.8. The smallest absolute Gasteiger partial charge is 0.243 e. The molecule has 0 unspecified atom stereocenters. The normalized spacial score (nSPS) is 10.7. The number of carbonyl (C=O) groups excluding carboxylic acids is 1. The third kappa shape index (κ3) is 4.52. The fraction of sp³-hybridized carbons (Fsp3) is 0.125. The van der Waals surface area contributed by atoms with Crippen LogP contribution in [0.15, 0.2) is 42.5 Å². The maximum absolute atomic E-state index is 12.9. The van der Waals surface area contributed by atoms with Gasteiger partial charge in [-0.1, -0.05) is 29.3 Å². The van der Waals surface area contributed by atoms with Crippen molar-refractivity contribution in [3.63, 3.8) is 0 Å². The fourth-order valence-electron chi connectivity index (χ4n) is 2.07. The number of rotatable bonds is 5. The van der Waals surface area contributed by atoms with Crippen LogP contribution in [0.4, 0.5) is 4.39 Å². The largest absolute Gasteiger partial charge is 0.350 e. The average molecular weight is 380 g/mol. The van der Waals surface area contributed by atoms with Gasteiger partial charge in [-0.3, -0.25) is 4.79 Å². The van der Waals surface area contributed by atoms with Gasteiger partial charge in [0.05, 0.1) is 0 Å². The van der Waals surface area contributed by atoms with Crippen molar-refractivity contribution in [2.45, 2.75) is 13.1 Å². The molecule has 0 fully saturated rings. The van der Waals surface area contributed by atoms with Gasteiger partial charge in [-0.25, -0.2) is 4.39 Å². The lowest BCUT2D eigenvalue weighted by molar-refractivity contribution is -0.122. The van der Waals surface area contributed by atoms with Crippen molar-refractivity contribution < 1.29 is 9.18 Å². The van der Waals surface area contributed by atoms with Gasteiger partial charge in [0.15, 0.2) is 0 Å². The van der Waals surface area contributed by atoms with Crippen LogP contribution in [-0.2, 0) is 17.9 Å². The Hall–Kier alpha value is -2.51. The average Bonchev–Trinajstić information content (AvgIpc) is 3.03. The van der Waals surface area contributed by atoms with Crippen molar-refractivity contribution in [3.05, 3.63) is 63.9 Å². The van der Waals surface area contributed by atoms with Gasteiger partial charge < -0.3 is 5.32 Å². The quantitative estimate of drug-likeness (QED) is 0.738. The molecule has 0 aliphatic heterocycles. The summed E-state index contributed by atoms with van der Waals surface area (Å²) in [6.07, 6.45) is 0.